The third-order valence-corrected chi connectivity index (χ3v) is 5.01. The Morgan fingerprint density at radius 1 is 1.19 bits per heavy atom. The maximum atomic E-state index is 13.0. The average Bonchev–Trinajstić information content (AvgIpc) is 2.53. The molecule has 0 amide bonds. The van der Waals surface area contributed by atoms with Crippen molar-refractivity contribution in [1.82, 2.24) is 5.43 Å². The molecule has 1 aliphatic carbocycles. The van der Waals surface area contributed by atoms with Gasteiger partial charge in [-0.05, 0) is 48.8 Å². The number of benzene rings is 1. The molecule has 1 aromatic rings. The van der Waals surface area contributed by atoms with Gasteiger partial charge < -0.3 is 0 Å². The van der Waals surface area contributed by atoms with Gasteiger partial charge in [0.25, 0.3) is 0 Å². The third-order valence-electron chi connectivity index (χ3n) is 5.01. The van der Waals surface area contributed by atoms with E-state index in [1.54, 1.807) is 0 Å². The van der Waals surface area contributed by atoms with E-state index in [0.717, 1.165) is 17.9 Å². The lowest BCUT2D eigenvalue weighted by Crippen LogP contribution is -2.43. The van der Waals surface area contributed by atoms with Crippen LogP contribution in [0.3, 0.4) is 0 Å². The van der Waals surface area contributed by atoms with Crippen molar-refractivity contribution in [2.75, 3.05) is 0 Å². The van der Waals surface area contributed by atoms with Crippen LogP contribution in [-0.4, -0.2) is 6.04 Å². The fourth-order valence-electron chi connectivity index (χ4n) is 3.61. The number of unbranched alkanes of at least 4 members (excludes halogenated alkanes) is 1. The van der Waals surface area contributed by atoms with Crippen molar-refractivity contribution in [2.24, 2.45) is 17.7 Å². The predicted octanol–water partition coefficient (Wildman–Crippen LogP) is 4.20. The molecule has 0 bridgehead atoms. The number of rotatable bonds is 7. The van der Waals surface area contributed by atoms with E-state index in [9.17, 15) is 4.39 Å². The number of nitrogens with one attached hydrogen (secondary N) is 1. The fourth-order valence-corrected chi connectivity index (χ4v) is 3.61. The van der Waals surface area contributed by atoms with Crippen LogP contribution in [-0.2, 0) is 6.42 Å². The van der Waals surface area contributed by atoms with Gasteiger partial charge in [-0.25, -0.2) is 4.39 Å². The molecule has 0 heterocycles. The van der Waals surface area contributed by atoms with E-state index in [-0.39, 0.29) is 5.82 Å². The first-order valence-electron chi connectivity index (χ1n) is 8.43. The standard InChI is InChI=1S/C18H29FN2/c1-2-3-4-14-5-9-16(10-6-14)18(21-20)13-15-7-11-17(19)12-8-15/h7-8,11-12,14,16,18,21H,2-6,9-10,13,20H2,1H3. The molecule has 2 rings (SSSR count). The Balaban J connectivity index is 1.83. The highest BCUT2D eigenvalue weighted by Gasteiger charge is 2.26. The second-order valence-corrected chi connectivity index (χ2v) is 6.53. The first-order chi connectivity index (χ1) is 10.2. The SMILES string of the molecule is CCCCC1CCC(C(Cc2ccc(F)cc2)NN)CC1. The van der Waals surface area contributed by atoms with Gasteiger partial charge in [-0.2, -0.15) is 0 Å². The van der Waals surface area contributed by atoms with Gasteiger partial charge >= 0.3 is 0 Å². The first kappa shape index (κ1) is 16.4. The van der Waals surface area contributed by atoms with Crippen LogP contribution in [0.1, 0.15) is 57.4 Å². The molecule has 1 unspecified atom stereocenters. The van der Waals surface area contributed by atoms with Crippen LogP contribution < -0.4 is 11.3 Å². The second-order valence-electron chi connectivity index (χ2n) is 6.53. The normalized spacial score (nSPS) is 24.0. The Morgan fingerprint density at radius 2 is 1.86 bits per heavy atom. The van der Waals surface area contributed by atoms with E-state index in [2.05, 4.69) is 12.3 Å². The van der Waals surface area contributed by atoms with Gasteiger partial charge in [-0.15, -0.1) is 0 Å². The van der Waals surface area contributed by atoms with E-state index < -0.39 is 0 Å². The molecule has 2 nitrogen and oxygen atoms in total. The van der Waals surface area contributed by atoms with E-state index in [1.165, 1.54) is 57.1 Å². The summed E-state index contributed by atoms with van der Waals surface area (Å²) in [6.45, 7) is 2.27. The summed E-state index contributed by atoms with van der Waals surface area (Å²) in [7, 11) is 0. The number of hydrazine groups is 1. The van der Waals surface area contributed by atoms with Crippen molar-refractivity contribution in [2.45, 2.75) is 64.3 Å². The van der Waals surface area contributed by atoms with Crippen LogP contribution in [0.25, 0.3) is 0 Å². The molecule has 0 aliphatic heterocycles. The summed E-state index contributed by atoms with van der Waals surface area (Å²) >= 11 is 0. The van der Waals surface area contributed by atoms with Gasteiger partial charge in [-0.1, -0.05) is 51.2 Å². The highest BCUT2D eigenvalue weighted by atomic mass is 19.1. The molecule has 0 radical (unpaired) electrons. The van der Waals surface area contributed by atoms with Crippen LogP contribution in [0.5, 0.6) is 0 Å². The monoisotopic (exact) mass is 292 g/mol. The van der Waals surface area contributed by atoms with Crippen molar-refractivity contribution in [3.05, 3.63) is 35.6 Å². The minimum absolute atomic E-state index is 0.174. The molecule has 118 valence electrons. The van der Waals surface area contributed by atoms with Crippen LogP contribution >= 0.6 is 0 Å². The lowest BCUT2D eigenvalue weighted by molar-refractivity contribution is 0.211. The lowest BCUT2D eigenvalue weighted by atomic mass is 9.76. The predicted molar refractivity (Wildman–Crippen MR) is 86.2 cm³/mol. The van der Waals surface area contributed by atoms with Crippen LogP contribution in [0, 0.1) is 17.7 Å². The molecule has 0 aromatic heterocycles. The van der Waals surface area contributed by atoms with Gasteiger partial charge in [0.15, 0.2) is 0 Å². The van der Waals surface area contributed by atoms with Crippen LogP contribution in [0.4, 0.5) is 4.39 Å². The highest BCUT2D eigenvalue weighted by molar-refractivity contribution is 5.17. The Kier molecular flexibility index (Phi) is 6.65. The number of halogens is 1. The quantitative estimate of drug-likeness (QED) is 0.584. The molecule has 1 atom stereocenters. The summed E-state index contributed by atoms with van der Waals surface area (Å²) in [4.78, 5) is 0. The Morgan fingerprint density at radius 3 is 2.43 bits per heavy atom. The van der Waals surface area contributed by atoms with Crippen LogP contribution in [0.2, 0.25) is 0 Å². The first-order valence-corrected chi connectivity index (χ1v) is 8.43. The molecule has 1 saturated carbocycles. The van der Waals surface area contributed by atoms with E-state index >= 15 is 0 Å². The van der Waals surface area contributed by atoms with Crippen molar-refractivity contribution in [3.8, 4) is 0 Å². The van der Waals surface area contributed by atoms with Gasteiger partial charge in [0, 0.05) is 6.04 Å². The number of hydrogen-bond acceptors (Lipinski definition) is 2. The average molecular weight is 292 g/mol. The lowest BCUT2D eigenvalue weighted by Gasteiger charge is -2.33. The van der Waals surface area contributed by atoms with Gasteiger partial charge in [0.05, 0.1) is 0 Å². The van der Waals surface area contributed by atoms with Crippen molar-refractivity contribution >= 4 is 0 Å². The van der Waals surface area contributed by atoms with Gasteiger partial charge in [-0.3, -0.25) is 11.3 Å². The summed E-state index contributed by atoms with van der Waals surface area (Å²) in [5.41, 5.74) is 4.16. The minimum atomic E-state index is -0.174. The molecular weight excluding hydrogens is 263 g/mol. The molecule has 1 aromatic carbocycles. The van der Waals surface area contributed by atoms with Crippen molar-refractivity contribution in [3.63, 3.8) is 0 Å². The highest BCUT2D eigenvalue weighted by Crippen LogP contribution is 2.34. The molecule has 0 saturated heterocycles. The smallest absolute Gasteiger partial charge is 0.123 e. The topological polar surface area (TPSA) is 38.0 Å². The Labute approximate surface area is 128 Å². The summed E-state index contributed by atoms with van der Waals surface area (Å²) in [5.74, 6) is 7.17. The molecular formula is C18H29FN2. The largest absolute Gasteiger partial charge is 0.271 e. The Bertz CT molecular complexity index is 396. The summed E-state index contributed by atoms with van der Waals surface area (Å²) in [5, 5.41) is 0. The zero-order valence-corrected chi connectivity index (χ0v) is 13.2. The molecule has 3 N–H and O–H groups in total. The molecule has 3 heteroatoms. The maximum Gasteiger partial charge on any atom is 0.123 e. The third kappa shape index (κ3) is 5.08. The molecule has 21 heavy (non-hydrogen) atoms. The van der Waals surface area contributed by atoms with Gasteiger partial charge in [0.1, 0.15) is 5.82 Å². The summed E-state index contributed by atoms with van der Waals surface area (Å²) < 4.78 is 13.0. The molecule has 0 spiro atoms. The molecule has 1 fully saturated rings. The zero-order valence-electron chi connectivity index (χ0n) is 13.2. The second kappa shape index (κ2) is 8.50. The number of hydrogen-bond donors (Lipinski definition) is 2. The summed E-state index contributed by atoms with van der Waals surface area (Å²) in [6, 6.07) is 7.11. The summed E-state index contributed by atoms with van der Waals surface area (Å²) in [6.07, 6.45) is 10.2. The fraction of sp³-hybridized carbons (Fsp3) is 0.667. The van der Waals surface area contributed by atoms with E-state index in [0.29, 0.717) is 12.0 Å². The molecule has 1 aliphatic rings. The van der Waals surface area contributed by atoms with Gasteiger partial charge in [0.2, 0.25) is 0 Å². The van der Waals surface area contributed by atoms with Crippen LogP contribution in [0.15, 0.2) is 24.3 Å². The Hall–Kier alpha value is -0.930. The van der Waals surface area contributed by atoms with Crippen molar-refractivity contribution < 1.29 is 4.39 Å². The zero-order chi connectivity index (χ0) is 15.1. The van der Waals surface area contributed by atoms with E-state index in [1.807, 2.05) is 12.1 Å². The maximum absolute atomic E-state index is 13.0. The number of nitrogens with two attached hydrogens (primary N) is 1. The minimum Gasteiger partial charge on any atom is -0.271 e. The van der Waals surface area contributed by atoms with E-state index in [4.69, 9.17) is 5.84 Å². The van der Waals surface area contributed by atoms with Crippen molar-refractivity contribution in [1.29, 1.82) is 0 Å².